The second kappa shape index (κ2) is 9.49. The number of amides is 2. The summed E-state index contributed by atoms with van der Waals surface area (Å²) < 4.78 is 6.01. The van der Waals surface area contributed by atoms with Crippen molar-refractivity contribution in [2.75, 3.05) is 4.90 Å². The number of nitrogens with zero attached hydrogens (tertiary/aromatic N) is 1. The minimum absolute atomic E-state index is 0.295. The molecule has 1 heterocycles. The van der Waals surface area contributed by atoms with Crippen molar-refractivity contribution in [3.63, 3.8) is 0 Å². The lowest BCUT2D eigenvalue weighted by atomic mass is 10.1. The van der Waals surface area contributed by atoms with E-state index in [-0.39, 0.29) is 11.1 Å². The fourth-order valence-electron chi connectivity index (χ4n) is 3.30. The Hall–Kier alpha value is -3.57. The van der Waals surface area contributed by atoms with Gasteiger partial charge in [-0.3, -0.25) is 9.59 Å². The van der Waals surface area contributed by atoms with Crippen LogP contribution in [-0.4, -0.2) is 11.1 Å². The molecule has 3 aromatic carbocycles. The Bertz CT molecular complexity index is 1140. The van der Waals surface area contributed by atoms with Crippen LogP contribution < -0.4 is 9.64 Å². The summed E-state index contributed by atoms with van der Waals surface area (Å²) in [5.41, 5.74) is 3.47. The molecule has 31 heavy (non-hydrogen) atoms. The van der Waals surface area contributed by atoms with Crippen molar-refractivity contribution in [1.29, 1.82) is 0 Å². The van der Waals surface area contributed by atoms with E-state index in [9.17, 15) is 9.59 Å². The molecule has 0 spiro atoms. The third-order valence-electron chi connectivity index (χ3n) is 4.79. The van der Waals surface area contributed by atoms with Crippen LogP contribution in [0, 0.1) is 0 Å². The lowest BCUT2D eigenvalue weighted by Gasteiger charge is -2.12. The van der Waals surface area contributed by atoms with Gasteiger partial charge >= 0.3 is 0 Å². The van der Waals surface area contributed by atoms with Gasteiger partial charge in [-0.05, 0) is 65.2 Å². The van der Waals surface area contributed by atoms with Crippen LogP contribution in [0.25, 0.3) is 6.08 Å². The predicted octanol–water partition coefficient (Wildman–Crippen LogP) is 6.24. The van der Waals surface area contributed by atoms with Crippen LogP contribution >= 0.6 is 11.8 Å². The minimum atomic E-state index is -0.309. The van der Waals surface area contributed by atoms with Crippen molar-refractivity contribution in [3.8, 4) is 5.75 Å². The first-order chi connectivity index (χ1) is 15.2. The highest BCUT2D eigenvalue weighted by Crippen LogP contribution is 2.36. The molecule has 0 atom stereocenters. The van der Waals surface area contributed by atoms with Gasteiger partial charge in [0.1, 0.15) is 12.4 Å². The van der Waals surface area contributed by atoms with Crippen LogP contribution in [0.2, 0.25) is 0 Å². The molecule has 1 fully saturated rings. The number of imide groups is 1. The number of hydrogen-bond donors (Lipinski definition) is 0. The molecule has 5 heteroatoms. The molecule has 0 aliphatic carbocycles. The van der Waals surface area contributed by atoms with Crippen LogP contribution in [0.15, 0.2) is 96.4 Å². The van der Waals surface area contributed by atoms with Crippen molar-refractivity contribution in [3.05, 3.63) is 113 Å². The van der Waals surface area contributed by atoms with E-state index in [4.69, 9.17) is 4.74 Å². The van der Waals surface area contributed by atoms with Gasteiger partial charge < -0.3 is 4.74 Å². The number of ether oxygens (including phenoxy) is 1. The maximum atomic E-state index is 12.8. The van der Waals surface area contributed by atoms with E-state index in [1.54, 1.807) is 30.3 Å². The van der Waals surface area contributed by atoms with E-state index >= 15 is 0 Å². The van der Waals surface area contributed by atoms with Gasteiger partial charge in [-0.15, -0.1) is 6.58 Å². The molecule has 4 rings (SSSR count). The Balaban J connectivity index is 1.56. The summed E-state index contributed by atoms with van der Waals surface area (Å²) in [5, 5.41) is -0.295. The molecule has 1 aliphatic heterocycles. The molecule has 1 saturated heterocycles. The number of benzene rings is 3. The molecule has 0 N–H and O–H groups in total. The fraction of sp³-hybridized carbons (Fsp3) is 0.0769. The minimum Gasteiger partial charge on any atom is -0.489 e. The predicted molar refractivity (Wildman–Crippen MR) is 126 cm³/mol. The summed E-state index contributed by atoms with van der Waals surface area (Å²) in [7, 11) is 0. The van der Waals surface area contributed by atoms with Gasteiger partial charge in [0.05, 0.1) is 10.6 Å². The highest BCUT2D eigenvalue weighted by molar-refractivity contribution is 8.19. The van der Waals surface area contributed by atoms with Crippen molar-refractivity contribution in [2.45, 2.75) is 13.0 Å². The van der Waals surface area contributed by atoms with E-state index < -0.39 is 0 Å². The zero-order chi connectivity index (χ0) is 21.6. The number of thioether (sulfide) groups is 1. The van der Waals surface area contributed by atoms with Crippen LogP contribution in [0.4, 0.5) is 10.5 Å². The third-order valence-corrected chi connectivity index (χ3v) is 5.66. The van der Waals surface area contributed by atoms with Crippen molar-refractivity contribution in [1.82, 2.24) is 0 Å². The topological polar surface area (TPSA) is 46.6 Å². The van der Waals surface area contributed by atoms with Gasteiger partial charge in [0.25, 0.3) is 11.1 Å². The number of para-hydroxylation sites is 1. The molecular formula is C26H21NO3S. The maximum absolute atomic E-state index is 12.8. The normalized spacial score (nSPS) is 14.8. The van der Waals surface area contributed by atoms with E-state index in [0.29, 0.717) is 23.6 Å². The third kappa shape index (κ3) is 4.78. The summed E-state index contributed by atoms with van der Waals surface area (Å²) in [6.45, 7) is 4.31. The Morgan fingerprint density at radius 1 is 0.935 bits per heavy atom. The summed E-state index contributed by atoms with van der Waals surface area (Å²) >= 11 is 0.950. The quantitative estimate of drug-likeness (QED) is 0.331. The SMILES string of the molecule is C=CCc1cc(/C=C2\SC(=O)N(c3ccccc3)C2=O)ccc1OCc1ccccc1. The zero-order valence-electron chi connectivity index (χ0n) is 16.9. The Labute approximate surface area is 185 Å². The van der Waals surface area contributed by atoms with Gasteiger partial charge in [0, 0.05) is 0 Å². The summed E-state index contributed by atoms with van der Waals surface area (Å²) in [6.07, 6.45) is 4.20. The molecular weight excluding hydrogens is 406 g/mol. The van der Waals surface area contributed by atoms with Crippen molar-refractivity contribution >= 4 is 34.7 Å². The van der Waals surface area contributed by atoms with Crippen LogP contribution in [-0.2, 0) is 17.8 Å². The molecule has 3 aromatic rings. The zero-order valence-corrected chi connectivity index (χ0v) is 17.7. The number of carbonyl (C=O) groups excluding carboxylic acids is 2. The monoisotopic (exact) mass is 427 g/mol. The highest BCUT2D eigenvalue weighted by Gasteiger charge is 2.36. The lowest BCUT2D eigenvalue weighted by molar-refractivity contribution is -0.113. The molecule has 2 amide bonds. The molecule has 0 radical (unpaired) electrons. The number of carbonyl (C=O) groups is 2. The number of hydrogen-bond acceptors (Lipinski definition) is 4. The van der Waals surface area contributed by atoms with Gasteiger partial charge in [-0.1, -0.05) is 60.7 Å². The first kappa shape index (κ1) is 20.7. The average Bonchev–Trinajstić information content (AvgIpc) is 3.07. The maximum Gasteiger partial charge on any atom is 0.298 e. The smallest absolute Gasteiger partial charge is 0.298 e. The van der Waals surface area contributed by atoms with E-state index in [2.05, 4.69) is 6.58 Å². The van der Waals surface area contributed by atoms with Crippen molar-refractivity contribution in [2.24, 2.45) is 0 Å². The lowest BCUT2D eigenvalue weighted by Crippen LogP contribution is -2.27. The number of anilines is 1. The van der Waals surface area contributed by atoms with Crippen molar-refractivity contribution < 1.29 is 14.3 Å². The van der Waals surface area contributed by atoms with Crippen LogP contribution in [0.3, 0.4) is 0 Å². The van der Waals surface area contributed by atoms with Crippen LogP contribution in [0.1, 0.15) is 16.7 Å². The molecule has 0 saturated carbocycles. The van der Waals surface area contributed by atoms with E-state index in [1.165, 1.54) is 4.90 Å². The van der Waals surface area contributed by atoms with E-state index in [0.717, 1.165) is 34.2 Å². The molecule has 154 valence electrons. The molecule has 4 nitrogen and oxygen atoms in total. The first-order valence-electron chi connectivity index (χ1n) is 9.89. The Kier molecular flexibility index (Phi) is 6.34. The number of allylic oxidation sites excluding steroid dienone is 1. The fourth-order valence-corrected chi connectivity index (χ4v) is 4.14. The second-order valence-electron chi connectivity index (χ2n) is 6.99. The second-order valence-corrected chi connectivity index (χ2v) is 7.98. The van der Waals surface area contributed by atoms with Gasteiger partial charge in [0.2, 0.25) is 0 Å². The first-order valence-corrected chi connectivity index (χ1v) is 10.7. The molecule has 1 aliphatic rings. The highest BCUT2D eigenvalue weighted by atomic mass is 32.2. The van der Waals surface area contributed by atoms with Gasteiger partial charge in [0.15, 0.2) is 0 Å². The summed E-state index contributed by atoms with van der Waals surface area (Å²) in [6, 6.07) is 24.7. The largest absolute Gasteiger partial charge is 0.489 e. The Morgan fingerprint density at radius 3 is 2.35 bits per heavy atom. The van der Waals surface area contributed by atoms with E-state index in [1.807, 2.05) is 60.7 Å². The molecule has 0 aromatic heterocycles. The summed E-state index contributed by atoms with van der Waals surface area (Å²) in [4.78, 5) is 26.9. The summed E-state index contributed by atoms with van der Waals surface area (Å²) in [5.74, 6) is 0.467. The van der Waals surface area contributed by atoms with Gasteiger partial charge in [-0.2, -0.15) is 0 Å². The standard InChI is InChI=1S/C26H21NO3S/c1-2-9-21-16-20(14-15-23(21)30-18-19-10-5-3-6-11-19)17-24-25(28)27(26(29)31-24)22-12-7-4-8-13-22/h2-8,10-17H,1,9,18H2/b24-17-. The molecule has 0 unspecified atom stereocenters. The van der Waals surface area contributed by atoms with Crippen LogP contribution in [0.5, 0.6) is 5.75 Å². The molecule has 0 bridgehead atoms. The Morgan fingerprint density at radius 2 is 1.65 bits per heavy atom. The number of rotatable bonds is 7. The van der Waals surface area contributed by atoms with Gasteiger partial charge in [-0.25, -0.2) is 4.90 Å². The average molecular weight is 428 g/mol.